The van der Waals surface area contributed by atoms with Crippen molar-refractivity contribution in [3.8, 4) is 0 Å². The van der Waals surface area contributed by atoms with E-state index in [-0.39, 0.29) is 17.0 Å². The lowest BCUT2D eigenvalue weighted by atomic mass is 10.00. The van der Waals surface area contributed by atoms with Crippen LogP contribution < -0.4 is 10.7 Å². The first-order valence-electron chi connectivity index (χ1n) is 9.16. The Morgan fingerprint density at radius 1 is 1.14 bits per heavy atom. The third-order valence-corrected chi connectivity index (χ3v) is 5.74. The van der Waals surface area contributed by atoms with Gasteiger partial charge in [0.05, 0.1) is 11.4 Å². The molecule has 148 valence electrons. The molecule has 0 spiro atoms. The van der Waals surface area contributed by atoms with Crippen molar-refractivity contribution in [1.29, 1.82) is 0 Å². The largest absolute Gasteiger partial charge is 0.449 e. The fourth-order valence-corrected chi connectivity index (χ4v) is 3.97. The number of benzene rings is 2. The van der Waals surface area contributed by atoms with E-state index in [0.29, 0.717) is 27.3 Å². The van der Waals surface area contributed by atoms with Crippen molar-refractivity contribution in [1.82, 2.24) is 0 Å². The van der Waals surface area contributed by atoms with Crippen LogP contribution in [0.1, 0.15) is 42.1 Å². The van der Waals surface area contributed by atoms with Gasteiger partial charge in [0.15, 0.2) is 22.2 Å². The summed E-state index contributed by atoms with van der Waals surface area (Å²) in [6.07, 6.45) is 0. The Morgan fingerprint density at radius 2 is 1.86 bits per heavy atom. The van der Waals surface area contributed by atoms with Crippen molar-refractivity contribution >= 4 is 28.4 Å². The van der Waals surface area contributed by atoms with E-state index >= 15 is 0 Å². The quantitative estimate of drug-likeness (QED) is 0.509. The van der Waals surface area contributed by atoms with Crippen molar-refractivity contribution in [3.05, 3.63) is 68.4 Å². The first kappa shape index (κ1) is 20.4. The molecule has 28 heavy (non-hydrogen) atoms. The van der Waals surface area contributed by atoms with E-state index in [1.807, 2.05) is 32.9 Å². The van der Waals surface area contributed by atoms with Gasteiger partial charge in [0.2, 0.25) is 0 Å². The summed E-state index contributed by atoms with van der Waals surface area (Å²) < 4.78 is 33.5. The van der Waals surface area contributed by atoms with Gasteiger partial charge >= 0.3 is 0 Å². The van der Waals surface area contributed by atoms with E-state index in [2.05, 4.69) is 5.32 Å². The molecular formula is C22H23F2NO2S. The van der Waals surface area contributed by atoms with E-state index in [9.17, 15) is 13.6 Å². The number of hydrogen-bond donors (Lipinski definition) is 1. The Balaban J connectivity index is 2.14. The van der Waals surface area contributed by atoms with Crippen LogP contribution in [0, 0.1) is 32.4 Å². The number of rotatable bonds is 5. The molecular weight excluding hydrogens is 380 g/mol. The third kappa shape index (κ3) is 3.65. The van der Waals surface area contributed by atoms with Gasteiger partial charge in [-0.2, -0.15) is 0 Å². The minimum absolute atomic E-state index is 0.0432. The molecule has 0 fully saturated rings. The molecule has 1 heterocycles. The highest BCUT2D eigenvalue weighted by atomic mass is 32.2. The molecule has 3 aromatic rings. The number of anilines is 1. The van der Waals surface area contributed by atoms with Crippen LogP contribution in [0.2, 0.25) is 0 Å². The molecule has 0 aliphatic rings. The second-order valence-electron chi connectivity index (χ2n) is 6.91. The van der Waals surface area contributed by atoms with E-state index in [1.165, 1.54) is 24.8 Å². The van der Waals surface area contributed by atoms with Gasteiger partial charge in [-0.05, 0) is 57.2 Å². The molecule has 3 rings (SSSR count). The van der Waals surface area contributed by atoms with Crippen molar-refractivity contribution in [2.45, 2.75) is 45.8 Å². The van der Waals surface area contributed by atoms with Crippen molar-refractivity contribution in [2.75, 3.05) is 11.1 Å². The third-order valence-electron chi connectivity index (χ3n) is 4.80. The van der Waals surface area contributed by atoms with E-state index in [0.717, 1.165) is 22.9 Å². The molecule has 1 aromatic heterocycles. The van der Waals surface area contributed by atoms with Gasteiger partial charge in [-0.1, -0.05) is 24.8 Å². The maximum absolute atomic E-state index is 13.9. The predicted octanol–water partition coefficient (Wildman–Crippen LogP) is 6.28. The van der Waals surface area contributed by atoms with Crippen molar-refractivity contribution < 1.29 is 13.2 Å². The highest BCUT2D eigenvalue weighted by molar-refractivity contribution is 7.99. The fraction of sp³-hybridized carbons (Fsp3) is 0.318. The zero-order valence-corrected chi connectivity index (χ0v) is 17.4. The first-order chi connectivity index (χ1) is 13.2. The van der Waals surface area contributed by atoms with Gasteiger partial charge in [0, 0.05) is 22.4 Å². The molecule has 1 atom stereocenters. The molecule has 3 nitrogen and oxygen atoms in total. The van der Waals surface area contributed by atoms with Gasteiger partial charge < -0.3 is 9.73 Å². The summed E-state index contributed by atoms with van der Waals surface area (Å²) in [6, 6.07) is 6.12. The summed E-state index contributed by atoms with van der Waals surface area (Å²) in [5, 5.41) is 4.37. The molecule has 0 aliphatic heterocycles. The molecule has 1 N–H and O–H groups in total. The lowest BCUT2D eigenvalue weighted by molar-refractivity contribution is 0.488. The Labute approximate surface area is 167 Å². The lowest BCUT2D eigenvalue weighted by Crippen LogP contribution is -2.13. The molecule has 0 aliphatic carbocycles. The summed E-state index contributed by atoms with van der Waals surface area (Å²) in [6.45, 7) is 9.13. The van der Waals surface area contributed by atoms with E-state index in [1.54, 1.807) is 6.92 Å². The maximum Gasteiger partial charge on any atom is 0.196 e. The summed E-state index contributed by atoms with van der Waals surface area (Å²) in [7, 11) is 0. The molecule has 2 aromatic carbocycles. The molecule has 6 heteroatoms. The van der Waals surface area contributed by atoms with Crippen LogP contribution in [-0.4, -0.2) is 5.75 Å². The topological polar surface area (TPSA) is 42.2 Å². The number of fused-ring (bicyclic) bond motifs is 1. The minimum atomic E-state index is -0.876. The second-order valence-corrected chi connectivity index (χ2v) is 8.14. The van der Waals surface area contributed by atoms with Gasteiger partial charge in [0.1, 0.15) is 5.58 Å². The van der Waals surface area contributed by atoms with Crippen molar-refractivity contribution in [3.63, 3.8) is 0 Å². The SMILES string of the molecule is CCSc1oc2c(C(C)Nc3ccc(F)c(F)c3C)cc(C)cc2c(=O)c1C. The molecule has 1 unspecified atom stereocenters. The van der Waals surface area contributed by atoms with Crippen LogP contribution in [0.15, 0.2) is 38.6 Å². The Hall–Kier alpha value is -2.34. The van der Waals surface area contributed by atoms with Gasteiger partial charge in [0.25, 0.3) is 0 Å². The van der Waals surface area contributed by atoms with Crippen LogP contribution in [-0.2, 0) is 0 Å². The van der Waals surface area contributed by atoms with Gasteiger partial charge in [-0.3, -0.25) is 4.79 Å². The maximum atomic E-state index is 13.9. The van der Waals surface area contributed by atoms with Crippen LogP contribution in [0.5, 0.6) is 0 Å². The van der Waals surface area contributed by atoms with Crippen LogP contribution in [0.25, 0.3) is 11.0 Å². The number of hydrogen-bond acceptors (Lipinski definition) is 4. The highest BCUT2D eigenvalue weighted by Crippen LogP contribution is 2.32. The molecule has 0 amide bonds. The Kier molecular flexibility index (Phi) is 5.79. The summed E-state index contributed by atoms with van der Waals surface area (Å²) in [5.41, 5.74) is 3.53. The number of nitrogens with one attached hydrogen (secondary N) is 1. The van der Waals surface area contributed by atoms with Crippen LogP contribution in [0.4, 0.5) is 14.5 Å². The normalized spacial score (nSPS) is 12.4. The van der Waals surface area contributed by atoms with Crippen LogP contribution >= 0.6 is 11.8 Å². The molecule has 0 saturated carbocycles. The summed E-state index contributed by atoms with van der Waals surface area (Å²) >= 11 is 1.49. The number of halogens is 2. The zero-order valence-electron chi connectivity index (χ0n) is 16.6. The van der Waals surface area contributed by atoms with Gasteiger partial charge in [-0.15, -0.1) is 0 Å². The van der Waals surface area contributed by atoms with E-state index in [4.69, 9.17) is 4.42 Å². The fourth-order valence-electron chi connectivity index (χ4n) is 3.26. The summed E-state index contributed by atoms with van der Waals surface area (Å²) in [4.78, 5) is 12.9. The molecule has 0 radical (unpaired) electrons. The number of aryl methyl sites for hydroxylation is 1. The summed E-state index contributed by atoms with van der Waals surface area (Å²) in [5.74, 6) is -0.951. The highest BCUT2D eigenvalue weighted by Gasteiger charge is 2.19. The predicted molar refractivity (Wildman–Crippen MR) is 111 cm³/mol. The van der Waals surface area contributed by atoms with Gasteiger partial charge in [-0.25, -0.2) is 8.78 Å². The average molecular weight is 403 g/mol. The monoisotopic (exact) mass is 403 g/mol. The lowest BCUT2D eigenvalue weighted by Gasteiger charge is -2.20. The number of thioether (sulfide) groups is 1. The Morgan fingerprint density at radius 3 is 2.54 bits per heavy atom. The standard InChI is InChI=1S/C22H23F2NO2S/c1-6-28-22-13(4)20(26)16-10-11(2)9-15(21(16)27-22)14(5)25-18-8-7-17(23)19(24)12(18)3/h7-10,14,25H,6H2,1-5H3. The minimum Gasteiger partial charge on any atom is -0.449 e. The second kappa shape index (κ2) is 7.95. The molecule has 0 saturated heterocycles. The van der Waals surface area contributed by atoms with Crippen molar-refractivity contribution in [2.24, 2.45) is 0 Å². The average Bonchev–Trinajstić information content (AvgIpc) is 2.66. The molecule has 0 bridgehead atoms. The van der Waals surface area contributed by atoms with Crippen LogP contribution in [0.3, 0.4) is 0 Å². The Bertz CT molecular complexity index is 1110. The zero-order chi connectivity index (χ0) is 20.6. The smallest absolute Gasteiger partial charge is 0.196 e. The van der Waals surface area contributed by atoms with E-state index < -0.39 is 11.6 Å². The first-order valence-corrected chi connectivity index (χ1v) is 10.1.